The molecule has 0 spiro atoms. The molecule has 0 fully saturated rings. The zero-order valence-corrected chi connectivity index (χ0v) is 13.2. The normalized spacial score (nSPS) is 10.6. The number of carbonyl (C=O) groups is 1. The van der Waals surface area contributed by atoms with Crippen LogP contribution < -0.4 is 11.1 Å². The Morgan fingerprint density at radius 3 is 2.68 bits per heavy atom. The van der Waals surface area contributed by atoms with Gasteiger partial charge in [0.25, 0.3) is 5.91 Å². The van der Waals surface area contributed by atoms with Gasteiger partial charge in [-0.1, -0.05) is 23.7 Å². The van der Waals surface area contributed by atoms with Crippen molar-refractivity contribution in [2.45, 2.75) is 0 Å². The van der Waals surface area contributed by atoms with Crippen LogP contribution in [-0.4, -0.2) is 17.0 Å². The van der Waals surface area contributed by atoms with Gasteiger partial charge in [-0.3, -0.25) is 10.1 Å². The zero-order valence-electron chi connectivity index (χ0n) is 12.4. The van der Waals surface area contributed by atoms with Gasteiger partial charge in [0.05, 0.1) is 22.2 Å². The summed E-state index contributed by atoms with van der Waals surface area (Å²) in [4.78, 5) is 15.6. The Kier molecular flexibility index (Phi) is 5.18. The Bertz CT molecular complexity index is 976. The molecule has 0 aliphatic heterocycles. The van der Waals surface area contributed by atoms with E-state index in [-0.39, 0.29) is 27.3 Å². The first kappa shape index (κ1) is 17.7. The first-order valence-electron chi connectivity index (χ1n) is 6.64. The Hall–Kier alpha value is -3.62. The molecule has 0 saturated carbocycles. The van der Waals surface area contributed by atoms with Crippen molar-refractivity contribution in [1.82, 2.24) is 5.32 Å². The highest BCUT2D eigenvalue weighted by atomic mass is 35.5. The van der Waals surface area contributed by atoms with Crippen molar-refractivity contribution in [3.63, 3.8) is 0 Å². The Balaban J connectivity index is 2.75. The molecule has 0 aromatic heterocycles. The minimum Gasteiger partial charge on any atom is -0.507 e. The number of nitrogens with two attached hydrogens (primary N) is 1. The fourth-order valence-electron chi connectivity index (χ4n) is 2.15. The highest BCUT2D eigenvalue weighted by Gasteiger charge is 2.24. The number of nitriles is 2. The molecule has 7 nitrogen and oxygen atoms in total. The van der Waals surface area contributed by atoms with E-state index >= 15 is 0 Å². The number of phenols is 1. The minimum atomic E-state index is -0.943. The van der Waals surface area contributed by atoms with E-state index in [2.05, 4.69) is 10.3 Å². The predicted octanol–water partition coefficient (Wildman–Crippen LogP) is 2.25. The van der Waals surface area contributed by atoms with E-state index in [0.29, 0.717) is 0 Å². The molecule has 0 aliphatic rings. The molecule has 4 N–H and O–H groups in total. The number of hydrogen-bond donors (Lipinski definition) is 3. The van der Waals surface area contributed by atoms with Crippen LogP contribution in [0.2, 0.25) is 5.02 Å². The molecule has 25 heavy (non-hydrogen) atoms. The summed E-state index contributed by atoms with van der Waals surface area (Å²) in [6.45, 7) is 0. The van der Waals surface area contributed by atoms with Gasteiger partial charge in [0, 0.05) is 11.1 Å². The van der Waals surface area contributed by atoms with Crippen molar-refractivity contribution in [3.05, 3.63) is 52.3 Å². The molecule has 2 aromatic carbocycles. The summed E-state index contributed by atoms with van der Waals surface area (Å²) in [5.74, 6) is -2.70. The maximum Gasteiger partial charge on any atom is 0.262 e. The summed E-state index contributed by atoms with van der Waals surface area (Å²) in [5.41, 5.74) is 4.93. The average molecular weight is 358 g/mol. The molecular formula is C16H9ClFN5O2. The molecular weight excluding hydrogens is 349 g/mol. The Labute approximate surface area is 146 Å². The van der Waals surface area contributed by atoms with Crippen molar-refractivity contribution in [2.75, 3.05) is 0 Å². The van der Waals surface area contributed by atoms with Gasteiger partial charge in [0.2, 0.25) is 12.2 Å². The van der Waals surface area contributed by atoms with Gasteiger partial charge in [0.15, 0.2) is 0 Å². The van der Waals surface area contributed by atoms with Gasteiger partial charge in [-0.2, -0.15) is 10.5 Å². The van der Waals surface area contributed by atoms with Crippen molar-refractivity contribution in [3.8, 4) is 29.1 Å². The van der Waals surface area contributed by atoms with E-state index in [4.69, 9.17) is 22.6 Å². The number of benzene rings is 2. The van der Waals surface area contributed by atoms with Crippen LogP contribution in [-0.2, 0) is 0 Å². The average Bonchev–Trinajstić information content (AvgIpc) is 2.57. The third-order valence-corrected chi connectivity index (χ3v) is 3.55. The van der Waals surface area contributed by atoms with Crippen LogP contribution >= 0.6 is 11.6 Å². The Morgan fingerprint density at radius 2 is 2.04 bits per heavy atom. The smallest absolute Gasteiger partial charge is 0.262 e. The van der Waals surface area contributed by atoms with Gasteiger partial charge in [-0.25, -0.2) is 4.39 Å². The molecule has 0 aliphatic carbocycles. The van der Waals surface area contributed by atoms with E-state index in [9.17, 15) is 19.6 Å². The van der Waals surface area contributed by atoms with Crippen LogP contribution in [0, 0.1) is 28.6 Å². The largest absolute Gasteiger partial charge is 0.507 e. The standard InChI is InChI=1S/C16H9ClFN5O2/c17-14-9(2-1-3-10(14)18)12-8(6-19)4-5-11(24)13(12)15(25)23-16(21)22-7-20/h1-5,24H,(H3,21,22,23,25). The highest BCUT2D eigenvalue weighted by Crippen LogP contribution is 2.38. The lowest BCUT2D eigenvalue weighted by atomic mass is 9.93. The second-order valence-corrected chi connectivity index (χ2v) is 5.02. The highest BCUT2D eigenvalue weighted by molar-refractivity contribution is 6.34. The fraction of sp³-hybridized carbons (Fsp3) is 0. The number of nitrogens with one attached hydrogen (secondary N) is 1. The number of nitrogens with zero attached hydrogens (tertiary/aromatic N) is 3. The minimum absolute atomic E-state index is 0.0220. The molecule has 1 amide bonds. The molecule has 0 radical (unpaired) electrons. The molecule has 9 heteroatoms. The summed E-state index contributed by atoms with van der Waals surface area (Å²) in [6, 6.07) is 8.09. The van der Waals surface area contributed by atoms with Gasteiger partial charge < -0.3 is 10.8 Å². The number of guanidine groups is 1. The number of phenolic OH excluding ortho intramolecular Hbond substituents is 1. The quantitative estimate of drug-likeness (QED) is 0.430. The molecule has 0 unspecified atom stereocenters. The monoisotopic (exact) mass is 357 g/mol. The van der Waals surface area contributed by atoms with Crippen LogP contribution in [0.15, 0.2) is 35.3 Å². The van der Waals surface area contributed by atoms with Crippen molar-refractivity contribution < 1.29 is 14.3 Å². The number of hydrogen-bond acceptors (Lipinski definition) is 5. The SMILES string of the molecule is N#C/N=C(/N)NC(=O)c1c(O)ccc(C#N)c1-c1cccc(F)c1Cl. The van der Waals surface area contributed by atoms with Crippen molar-refractivity contribution in [2.24, 2.45) is 10.7 Å². The molecule has 0 saturated heterocycles. The van der Waals surface area contributed by atoms with E-state index in [1.165, 1.54) is 24.4 Å². The van der Waals surface area contributed by atoms with Gasteiger partial charge >= 0.3 is 0 Å². The summed E-state index contributed by atoms with van der Waals surface area (Å²) in [7, 11) is 0. The number of aliphatic imine (C=N–C) groups is 1. The lowest BCUT2D eigenvalue weighted by Crippen LogP contribution is -2.36. The summed E-state index contributed by atoms with van der Waals surface area (Å²) in [6.07, 6.45) is 1.39. The predicted molar refractivity (Wildman–Crippen MR) is 87.9 cm³/mol. The van der Waals surface area contributed by atoms with Crippen LogP contribution in [0.3, 0.4) is 0 Å². The molecule has 2 rings (SSSR count). The van der Waals surface area contributed by atoms with Crippen LogP contribution in [0.1, 0.15) is 15.9 Å². The molecule has 0 bridgehead atoms. The summed E-state index contributed by atoms with van der Waals surface area (Å²) >= 11 is 5.95. The van der Waals surface area contributed by atoms with E-state index in [0.717, 1.165) is 12.1 Å². The van der Waals surface area contributed by atoms with Gasteiger partial charge in [-0.05, 0) is 18.2 Å². The van der Waals surface area contributed by atoms with Crippen LogP contribution in [0.5, 0.6) is 5.75 Å². The number of carbonyl (C=O) groups excluding carboxylic acids is 1. The summed E-state index contributed by atoms with van der Waals surface area (Å²) < 4.78 is 13.8. The van der Waals surface area contributed by atoms with Crippen LogP contribution in [0.4, 0.5) is 4.39 Å². The van der Waals surface area contributed by atoms with Gasteiger partial charge in [0.1, 0.15) is 11.6 Å². The second kappa shape index (κ2) is 7.30. The van der Waals surface area contributed by atoms with Gasteiger partial charge in [-0.15, -0.1) is 4.99 Å². The number of halogens is 2. The third kappa shape index (κ3) is 3.50. The van der Waals surface area contributed by atoms with Crippen LogP contribution in [0.25, 0.3) is 11.1 Å². The van der Waals surface area contributed by atoms with E-state index in [1.807, 2.05) is 6.07 Å². The summed E-state index contributed by atoms with van der Waals surface area (Å²) in [5, 5.41) is 29.6. The Morgan fingerprint density at radius 1 is 1.32 bits per heavy atom. The third-order valence-electron chi connectivity index (χ3n) is 3.16. The molecule has 2 aromatic rings. The fourth-order valence-corrected chi connectivity index (χ4v) is 2.37. The maximum atomic E-state index is 13.8. The van der Waals surface area contributed by atoms with E-state index < -0.39 is 23.4 Å². The second-order valence-electron chi connectivity index (χ2n) is 4.65. The molecule has 0 atom stereocenters. The maximum absolute atomic E-state index is 13.8. The lowest BCUT2D eigenvalue weighted by molar-refractivity contribution is 0.0974. The number of aromatic hydroxyl groups is 1. The van der Waals surface area contributed by atoms with Crippen molar-refractivity contribution in [1.29, 1.82) is 10.5 Å². The molecule has 124 valence electrons. The lowest BCUT2D eigenvalue weighted by Gasteiger charge is -2.14. The van der Waals surface area contributed by atoms with Crippen molar-refractivity contribution >= 4 is 23.5 Å². The first-order valence-corrected chi connectivity index (χ1v) is 7.02. The zero-order chi connectivity index (χ0) is 18.6. The van der Waals surface area contributed by atoms with E-state index in [1.54, 1.807) is 0 Å². The number of amides is 1. The topological polar surface area (TPSA) is 135 Å². The first-order chi connectivity index (χ1) is 11.9. The number of rotatable bonds is 2. The molecule has 0 heterocycles.